The van der Waals surface area contributed by atoms with Gasteiger partial charge in [-0.15, -0.1) is 0 Å². The van der Waals surface area contributed by atoms with E-state index >= 15 is 0 Å². The second-order valence-electron chi connectivity index (χ2n) is 3.76. The number of hydrogen-bond donors (Lipinski definition) is 0. The maximum Gasteiger partial charge on any atom is 0.0439 e. The average Bonchev–Trinajstić information content (AvgIpc) is 2.74. The number of hydrogen-bond acceptors (Lipinski definition) is 1. The summed E-state index contributed by atoms with van der Waals surface area (Å²) in [4.78, 5) is 0.334. The highest BCUT2D eigenvalue weighted by molar-refractivity contribution is 9.09. The van der Waals surface area contributed by atoms with Crippen LogP contribution in [0.4, 0.5) is 0 Å². The second-order valence-corrected chi connectivity index (χ2v) is 6.05. The molecular weight excluding hydrogens is 304 g/mol. The maximum atomic E-state index is 6.12. The summed E-state index contributed by atoms with van der Waals surface area (Å²) in [6.07, 6.45) is 1.00. The first-order chi connectivity index (χ1) is 7.68. The molecule has 1 aromatic heterocycles. The van der Waals surface area contributed by atoms with Crippen molar-refractivity contribution in [1.82, 2.24) is 0 Å². The summed E-state index contributed by atoms with van der Waals surface area (Å²) < 4.78 is 0. The largest absolute Gasteiger partial charge is 0.152 e. The van der Waals surface area contributed by atoms with Gasteiger partial charge in [0.1, 0.15) is 0 Å². The summed E-state index contributed by atoms with van der Waals surface area (Å²) in [5.41, 5.74) is 3.81. The fraction of sp³-hybridized carbons (Fsp3) is 0.231. The Labute approximate surface area is 113 Å². The fourth-order valence-corrected chi connectivity index (χ4v) is 3.42. The molecule has 0 bridgehead atoms. The minimum Gasteiger partial charge on any atom is -0.152 e. The van der Waals surface area contributed by atoms with Crippen LogP contribution in [0.2, 0.25) is 5.02 Å². The van der Waals surface area contributed by atoms with E-state index in [0.29, 0.717) is 4.83 Å². The molecule has 0 N–H and O–H groups in total. The van der Waals surface area contributed by atoms with Crippen LogP contribution in [0.3, 0.4) is 0 Å². The molecule has 1 aromatic carbocycles. The number of rotatable bonds is 3. The topological polar surface area (TPSA) is 0 Å². The third-order valence-electron chi connectivity index (χ3n) is 2.64. The first-order valence-corrected chi connectivity index (χ1v) is 7.32. The van der Waals surface area contributed by atoms with Crippen LogP contribution in [0.1, 0.15) is 21.5 Å². The molecule has 0 amide bonds. The van der Waals surface area contributed by atoms with E-state index in [0.717, 1.165) is 11.4 Å². The van der Waals surface area contributed by atoms with E-state index in [-0.39, 0.29) is 0 Å². The molecule has 1 unspecified atom stereocenters. The molecule has 0 aliphatic rings. The van der Waals surface area contributed by atoms with Crippen molar-refractivity contribution in [1.29, 1.82) is 0 Å². The minimum absolute atomic E-state index is 0.334. The van der Waals surface area contributed by atoms with Crippen molar-refractivity contribution in [3.8, 4) is 0 Å². The van der Waals surface area contributed by atoms with Gasteiger partial charge >= 0.3 is 0 Å². The molecule has 0 aliphatic carbocycles. The lowest BCUT2D eigenvalue weighted by molar-refractivity contribution is 0.943. The van der Waals surface area contributed by atoms with Gasteiger partial charge in [0.25, 0.3) is 0 Å². The molecule has 1 heterocycles. The monoisotopic (exact) mass is 314 g/mol. The first kappa shape index (κ1) is 12.2. The zero-order valence-corrected chi connectivity index (χ0v) is 12.1. The normalized spacial score (nSPS) is 12.7. The average molecular weight is 316 g/mol. The maximum absolute atomic E-state index is 6.12. The molecule has 0 saturated heterocycles. The molecular formula is C13H12BrClS. The van der Waals surface area contributed by atoms with Gasteiger partial charge in [-0.2, -0.15) is 11.3 Å². The summed E-state index contributed by atoms with van der Waals surface area (Å²) in [6, 6.07) is 8.24. The molecule has 0 spiro atoms. The van der Waals surface area contributed by atoms with Crippen molar-refractivity contribution < 1.29 is 0 Å². The van der Waals surface area contributed by atoms with Crippen LogP contribution in [0, 0.1) is 6.92 Å². The van der Waals surface area contributed by atoms with E-state index in [1.54, 1.807) is 11.3 Å². The highest BCUT2D eigenvalue weighted by Crippen LogP contribution is 2.32. The second kappa shape index (κ2) is 5.35. The van der Waals surface area contributed by atoms with Crippen molar-refractivity contribution in [2.45, 2.75) is 18.2 Å². The minimum atomic E-state index is 0.334. The van der Waals surface area contributed by atoms with Crippen molar-refractivity contribution in [3.05, 3.63) is 56.7 Å². The molecule has 84 valence electrons. The van der Waals surface area contributed by atoms with Crippen molar-refractivity contribution in [3.63, 3.8) is 0 Å². The van der Waals surface area contributed by atoms with Gasteiger partial charge in [0.2, 0.25) is 0 Å². The predicted molar refractivity (Wildman–Crippen MR) is 75.9 cm³/mol. The van der Waals surface area contributed by atoms with Crippen LogP contribution in [-0.2, 0) is 6.42 Å². The Bertz CT molecular complexity index is 465. The summed E-state index contributed by atoms with van der Waals surface area (Å²) in [6.45, 7) is 2.07. The smallest absolute Gasteiger partial charge is 0.0439 e. The Balaban J connectivity index is 2.21. The molecule has 2 rings (SSSR count). The number of alkyl halides is 1. The zero-order valence-electron chi connectivity index (χ0n) is 8.91. The number of thiophene rings is 1. The highest BCUT2D eigenvalue weighted by atomic mass is 79.9. The Morgan fingerprint density at radius 2 is 2.19 bits per heavy atom. The van der Waals surface area contributed by atoms with Gasteiger partial charge in [0, 0.05) is 9.85 Å². The molecule has 1 atom stereocenters. The molecule has 0 aliphatic heterocycles. The standard InChI is InChI=1S/C13H12BrClS/c1-9-11(3-2-4-13(9)15)12(14)7-10-5-6-16-8-10/h2-6,8,12H,7H2,1H3. The molecule has 0 fully saturated rings. The Morgan fingerprint density at radius 3 is 2.88 bits per heavy atom. The fourth-order valence-electron chi connectivity index (χ4n) is 1.69. The van der Waals surface area contributed by atoms with E-state index in [1.807, 2.05) is 12.1 Å². The quantitative estimate of drug-likeness (QED) is 0.666. The summed E-state index contributed by atoms with van der Waals surface area (Å²) in [5, 5.41) is 5.14. The molecule has 16 heavy (non-hydrogen) atoms. The molecule has 2 aromatic rings. The lowest BCUT2D eigenvalue weighted by Gasteiger charge is -2.13. The molecule has 0 saturated carbocycles. The Hall–Kier alpha value is -0.310. The highest BCUT2D eigenvalue weighted by Gasteiger charge is 2.12. The van der Waals surface area contributed by atoms with Gasteiger partial charge in [-0.25, -0.2) is 0 Å². The summed E-state index contributed by atoms with van der Waals surface area (Å²) in [7, 11) is 0. The van der Waals surface area contributed by atoms with Crippen LogP contribution in [-0.4, -0.2) is 0 Å². The van der Waals surface area contributed by atoms with Crippen LogP contribution in [0.15, 0.2) is 35.0 Å². The third kappa shape index (κ3) is 2.68. The number of benzene rings is 1. The Kier molecular flexibility index (Phi) is 4.06. The SMILES string of the molecule is Cc1c(Cl)cccc1C(Br)Cc1ccsc1. The lowest BCUT2D eigenvalue weighted by Crippen LogP contribution is -1.97. The van der Waals surface area contributed by atoms with Gasteiger partial charge in [-0.1, -0.05) is 39.7 Å². The van der Waals surface area contributed by atoms with Gasteiger partial charge in [0.05, 0.1) is 0 Å². The number of halogens is 2. The van der Waals surface area contributed by atoms with E-state index in [9.17, 15) is 0 Å². The zero-order chi connectivity index (χ0) is 11.5. The van der Waals surface area contributed by atoms with Crippen molar-refractivity contribution in [2.75, 3.05) is 0 Å². The van der Waals surface area contributed by atoms with Gasteiger partial charge in [0.15, 0.2) is 0 Å². The summed E-state index contributed by atoms with van der Waals surface area (Å²) in [5.74, 6) is 0. The van der Waals surface area contributed by atoms with Crippen molar-refractivity contribution >= 4 is 38.9 Å². The summed E-state index contributed by atoms with van der Waals surface area (Å²) >= 11 is 11.6. The van der Waals surface area contributed by atoms with Gasteiger partial charge < -0.3 is 0 Å². The van der Waals surface area contributed by atoms with Crippen LogP contribution in [0.5, 0.6) is 0 Å². The van der Waals surface area contributed by atoms with E-state index in [4.69, 9.17) is 11.6 Å². The Morgan fingerprint density at radius 1 is 1.38 bits per heavy atom. The van der Waals surface area contributed by atoms with Crippen LogP contribution >= 0.6 is 38.9 Å². The molecule has 0 radical (unpaired) electrons. The van der Waals surface area contributed by atoms with Crippen LogP contribution < -0.4 is 0 Å². The lowest BCUT2D eigenvalue weighted by atomic mass is 10.0. The van der Waals surface area contributed by atoms with E-state index in [2.05, 4.69) is 45.7 Å². The van der Waals surface area contributed by atoms with Crippen molar-refractivity contribution in [2.24, 2.45) is 0 Å². The third-order valence-corrected chi connectivity index (χ3v) is 4.60. The van der Waals surface area contributed by atoms with Crippen LogP contribution in [0.25, 0.3) is 0 Å². The van der Waals surface area contributed by atoms with Gasteiger partial charge in [-0.3, -0.25) is 0 Å². The van der Waals surface area contributed by atoms with E-state index in [1.165, 1.54) is 16.7 Å². The van der Waals surface area contributed by atoms with E-state index < -0.39 is 0 Å². The first-order valence-electron chi connectivity index (χ1n) is 5.08. The molecule has 3 heteroatoms. The molecule has 0 nitrogen and oxygen atoms in total. The van der Waals surface area contributed by atoms with Gasteiger partial charge in [-0.05, 0) is 52.9 Å². The predicted octanol–water partition coefficient (Wildman–Crippen LogP) is 5.39.